The lowest BCUT2D eigenvalue weighted by Crippen LogP contribution is -2.44. The van der Waals surface area contributed by atoms with E-state index in [9.17, 15) is 14.4 Å². The van der Waals surface area contributed by atoms with E-state index in [1.54, 1.807) is 83.0 Å². The van der Waals surface area contributed by atoms with Crippen LogP contribution in [0.25, 0.3) is 5.69 Å². The lowest BCUT2D eigenvalue weighted by atomic mass is 10.1. The van der Waals surface area contributed by atoms with Gasteiger partial charge in [0.2, 0.25) is 5.91 Å². The van der Waals surface area contributed by atoms with E-state index in [0.29, 0.717) is 28.6 Å². The van der Waals surface area contributed by atoms with Crippen molar-refractivity contribution in [3.63, 3.8) is 0 Å². The summed E-state index contributed by atoms with van der Waals surface area (Å²) in [5, 5.41) is 7.14. The summed E-state index contributed by atoms with van der Waals surface area (Å²) in [4.78, 5) is 39.3. The summed E-state index contributed by atoms with van der Waals surface area (Å²) in [5.74, 6) is 0.108. The molecule has 0 radical (unpaired) electrons. The van der Waals surface area contributed by atoms with Crippen LogP contribution in [-0.2, 0) is 9.53 Å². The number of nitrogens with zero attached hydrogens (tertiary/aromatic N) is 3. The number of hydrogen-bond acceptors (Lipinski definition) is 6. The molecule has 3 aromatic rings. The molecule has 1 aromatic heterocycles. The molecule has 2 heterocycles. The van der Waals surface area contributed by atoms with Gasteiger partial charge in [0, 0.05) is 23.2 Å². The zero-order valence-corrected chi connectivity index (χ0v) is 18.2. The highest BCUT2D eigenvalue weighted by Gasteiger charge is 2.35. The van der Waals surface area contributed by atoms with Gasteiger partial charge in [-0.3, -0.25) is 9.59 Å². The van der Waals surface area contributed by atoms with Crippen molar-refractivity contribution in [2.75, 3.05) is 23.6 Å². The van der Waals surface area contributed by atoms with Gasteiger partial charge in [0.05, 0.1) is 18.2 Å². The van der Waals surface area contributed by atoms with Gasteiger partial charge in [-0.15, -0.1) is 11.8 Å². The Kier molecular flexibility index (Phi) is 6.55. The number of hydrogen-bond donors (Lipinski definition) is 1. The summed E-state index contributed by atoms with van der Waals surface area (Å²) in [6, 6.07) is 17.1. The topological polar surface area (TPSA) is 93.5 Å². The molecule has 1 saturated heterocycles. The maximum absolute atomic E-state index is 13.0. The van der Waals surface area contributed by atoms with E-state index >= 15 is 0 Å². The lowest BCUT2D eigenvalue weighted by Gasteiger charge is -2.23. The Morgan fingerprint density at radius 1 is 1.12 bits per heavy atom. The number of ether oxygens (including phenoxy) is 1. The van der Waals surface area contributed by atoms with Crippen LogP contribution in [0.5, 0.6) is 0 Å². The molecule has 0 saturated carbocycles. The fourth-order valence-corrected chi connectivity index (χ4v) is 4.49. The van der Waals surface area contributed by atoms with Crippen LogP contribution in [0.1, 0.15) is 27.8 Å². The number of esters is 1. The molecule has 1 fully saturated rings. The summed E-state index contributed by atoms with van der Waals surface area (Å²) in [6.07, 6.45) is 1.65. The fourth-order valence-electron chi connectivity index (χ4n) is 3.34. The monoisotopic (exact) mass is 450 g/mol. The standard InChI is InChI=1S/C23H22N4O4S/c1-2-31-23(30)19-11-12-27(25-19)18-10-6-9-17(13-18)24-21(28)20-14-32-15-26(20)22(29)16-7-4-3-5-8-16/h3-13,20H,2,14-15H2,1H3,(H,24,28)/t20-/m0/s1. The molecule has 2 amide bonds. The largest absolute Gasteiger partial charge is 0.461 e. The number of carbonyl (C=O) groups is 3. The Morgan fingerprint density at radius 2 is 1.94 bits per heavy atom. The van der Waals surface area contributed by atoms with E-state index in [0.717, 1.165) is 0 Å². The molecular formula is C23H22N4O4S. The Bertz CT molecular complexity index is 1130. The number of benzene rings is 2. The van der Waals surface area contributed by atoms with Gasteiger partial charge >= 0.3 is 5.97 Å². The van der Waals surface area contributed by atoms with Gasteiger partial charge in [-0.2, -0.15) is 5.10 Å². The Balaban J connectivity index is 1.47. The van der Waals surface area contributed by atoms with Crippen LogP contribution in [0.2, 0.25) is 0 Å². The molecule has 0 bridgehead atoms. The van der Waals surface area contributed by atoms with Crippen molar-refractivity contribution in [2.45, 2.75) is 13.0 Å². The third kappa shape index (κ3) is 4.67. The predicted molar refractivity (Wildman–Crippen MR) is 122 cm³/mol. The quantitative estimate of drug-likeness (QED) is 0.580. The highest BCUT2D eigenvalue weighted by atomic mass is 32.2. The average Bonchev–Trinajstić information content (AvgIpc) is 3.50. The van der Waals surface area contributed by atoms with E-state index in [1.807, 2.05) is 12.1 Å². The smallest absolute Gasteiger partial charge is 0.358 e. The highest BCUT2D eigenvalue weighted by molar-refractivity contribution is 7.99. The molecule has 1 aliphatic heterocycles. The lowest BCUT2D eigenvalue weighted by molar-refractivity contribution is -0.119. The fraction of sp³-hybridized carbons (Fsp3) is 0.217. The normalized spacial score (nSPS) is 15.4. The summed E-state index contributed by atoms with van der Waals surface area (Å²) in [5.41, 5.74) is 2.02. The second-order valence-electron chi connectivity index (χ2n) is 7.06. The van der Waals surface area contributed by atoms with Crippen LogP contribution in [0.4, 0.5) is 5.69 Å². The average molecular weight is 451 g/mol. The van der Waals surface area contributed by atoms with Crippen molar-refractivity contribution >= 4 is 35.2 Å². The van der Waals surface area contributed by atoms with Gasteiger partial charge in [0.25, 0.3) is 5.91 Å². The van der Waals surface area contributed by atoms with Crippen molar-refractivity contribution < 1.29 is 19.1 Å². The first-order chi connectivity index (χ1) is 15.6. The second kappa shape index (κ2) is 9.69. The third-order valence-corrected chi connectivity index (χ3v) is 5.93. The molecule has 2 aromatic carbocycles. The third-order valence-electron chi connectivity index (χ3n) is 4.92. The van der Waals surface area contributed by atoms with Gasteiger partial charge in [0.15, 0.2) is 5.69 Å². The van der Waals surface area contributed by atoms with Crippen LogP contribution in [-0.4, -0.2) is 56.7 Å². The van der Waals surface area contributed by atoms with Crippen molar-refractivity contribution in [2.24, 2.45) is 0 Å². The first-order valence-corrected chi connectivity index (χ1v) is 11.3. The van der Waals surface area contributed by atoms with E-state index in [4.69, 9.17) is 4.74 Å². The van der Waals surface area contributed by atoms with Gasteiger partial charge in [-0.25, -0.2) is 9.48 Å². The molecule has 0 aliphatic carbocycles. The zero-order chi connectivity index (χ0) is 22.5. The summed E-state index contributed by atoms with van der Waals surface area (Å²) >= 11 is 1.55. The number of anilines is 1. The molecule has 0 unspecified atom stereocenters. The predicted octanol–water partition coefficient (Wildman–Crippen LogP) is 3.20. The summed E-state index contributed by atoms with van der Waals surface area (Å²) in [6.45, 7) is 2.01. The molecule has 32 heavy (non-hydrogen) atoms. The number of amides is 2. The van der Waals surface area contributed by atoms with Crippen LogP contribution < -0.4 is 5.32 Å². The molecular weight excluding hydrogens is 428 g/mol. The van der Waals surface area contributed by atoms with Crippen molar-refractivity contribution in [3.8, 4) is 5.69 Å². The number of carbonyl (C=O) groups excluding carboxylic acids is 3. The molecule has 4 rings (SSSR count). The van der Waals surface area contributed by atoms with Crippen LogP contribution in [0, 0.1) is 0 Å². The number of nitrogens with one attached hydrogen (secondary N) is 1. The maximum Gasteiger partial charge on any atom is 0.358 e. The molecule has 1 N–H and O–H groups in total. The van der Waals surface area contributed by atoms with Crippen molar-refractivity contribution in [3.05, 3.63) is 78.1 Å². The van der Waals surface area contributed by atoms with Crippen molar-refractivity contribution in [1.82, 2.24) is 14.7 Å². The molecule has 1 atom stereocenters. The first-order valence-electron chi connectivity index (χ1n) is 10.1. The second-order valence-corrected chi connectivity index (χ2v) is 8.06. The Hall–Kier alpha value is -3.59. The van der Waals surface area contributed by atoms with E-state index in [2.05, 4.69) is 10.4 Å². The van der Waals surface area contributed by atoms with Crippen LogP contribution in [0.3, 0.4) is 0 Å². The summed E-state index contributed by atoms with van der Waals surface area (Å²) < 4.78 is 6.51. The number of aromatic nitrogens is 2. The van der Waals surface area contributed by atoms with Crippen molar-refractivity contribution in [1.29, 1.82) is 0 Å². The SMILES string of the molecule is CCOC(=O)c1ccn(-c2cccc(NC(=O)[C@@H]3CSCN3C(=O)c3ccccc3)c2)n1. The van der Waals surface area contributed by atoms with Crippen LogP contribution in [0.15, 0.2) is 66.9 Å². The summed E-state index contributed by atoms with van der Waals surface area (Å²) in [7, 11) is 0. The van der Waals surface area contributed by atoms with Crippen LogP contribution >= 0.6 is 11.8 Å². The molecule has 9 heteroatoms. The number of rotatable bonds is 6. The van der Waals surface area contributed by atoms with E-state index in [1.165, 1.54) is 0 Å². The molecule has 0 spiro atoms. The maximum atomic E-state index is 13.0. The minimum Gasteiger partial charge on any atom is -0.461 e. The molecule has 1 aliphatic rings. The van der Waals surface area contributed by atoms with Gasteiger partial charge < -0.3 is 15.0 Å². The minimum atomic E-state index is -0.559. The van der Waals surface area contributed by atoms with Gasteiger partial charge in [0.1, 0.15) is 6.04 Å². The van der Waals surface area contributed by atoms with Gasteiger partial charge in [-0.05, 0) is 43.3 Å². The Labute approximate surface area is 189 Å². The zero-order valence-electron chi connectivity index (χ0n) is 17.4. The van der Waals surface area contributed by atoms with E-state index in [-0.39, 0.29) is 24.1 Å². The number of thioether (sulfide) groups is 1. The highest BCUT2D eigenvalue weighted by Crippen LogP contribution is 2.25. The Morgan fingerprint density at radius 3 is 2.72 bits per heavy atom. The molecule has 8 nitrogen and oxygen atoms in total. The first kappa shape index (κ1) is 21.6. The van der Waals surface area contributed by atoms with Gasteiger partial charge in [-0.1, -0.05) is 24.3 Å². The minimum absolute atomic E-state index is 0.160. The molecule has 164 valence electrons. The van der Waals surface area contributed by atoms with E-state index < -0.39 is 12.0 Å².